The smallest absolute Gasteiger partial charge is 0.166 e. The molecule has 4 nitrogen and oxygen atoms in total. The molecular weight excluding hydrogens is 204 g/mol. The Labute approximate surface area is 94.8 Å². The molecule has 1 aromatic rings. The minimum atomic E-state index is -0.109. The van der Waals surface area contributed by atoms with Crippen molar-refractivity contribution in [3.05, 3.63) is 23.8 Å². The highest BCUT2D eigenvalue weighted by molar-refractivity contribution is 5.84. The molecule has 86 valence electrons. The van der Waals surface area contributed by atoms with Crippen LogP contribution in [0.1, 0.15) is 24.8 Å². The van der Waals surface area contributed by atoms with E-state index < -0.39 is 0 Å². The van der Waals surface area contributed by atoms with Gasteiger partial charge in [-0.25, -0.2) is 0 Å². The first-order valence-electron chi connectivity index (χ1n) is 5.57. The van der Waals surface area contributed by atoms with Crippen molar-refractivity contribution in [3.8, 4) is 11.5 Å². The normalized spacial score (nSPS) is 16.9. The minimum Gasteiger partial charge on any atom is -0.504 e. The average molecular weight is 220 g/mol. The van der Waals surface area contributed by atoms with Crippen molar-refractivity contribution in [2.24, 2.45) is 5.10 Å². The SMILES string of the molecule is Oc1cccc(/C=N\N2CCCCC2)c1O. The summed E-state index contributed by atoms with van der Waals surface area (Å²) in [5.74, 6) is -0.217. The number of rotatable bonds is 2. The summed E-state index contributed by atoms with van der Waals surface area (Å²) in [5, 5.41) is 25.2. The fourth-order valence-corrected chi connectivity index (χ4v) is 1.79. The minimum absolute atomic E-state index is 0.108. The van der Waals surface area contributed by atoms with E-state index in [2.05, 4.69) is 5.10 Å². The van der Waals surface area contributed by atoms with Crippen molar-refractivity contribution in [1.82, 2.24) is 5.01 Å². The monoisotopic (exact) mass is 220 g/mol. The van der Waals surface area contributed by atoms with E-state index in [0.717, 1.165) is 13.1 Å². The van der Waals surface area contributed by atoms with Crippen LogP contribution in [0.25, 0.3) is 0 Å². The van der Waals surface area contributed by atoms with Crippen molar-refractivity contribution in [2.75, 3.05) is 13.1 Å². The first kappa shape index (κ1) is 10.8. The fraction of sp³-hybridized carbons (Fsp3) is 0.417. The van der Waals surface area contributed by atoms with Crippen molar-refractivity contribution in [3.63, 3.8) is 0 Å². The van der Waals surface area contributed by atoms with Gasteiger partial charge >= 0.3 is 0 Å². The molecule has 0 saturated carbocycles. The van der Waals surface area contributed by atoms with Crippen LogP contribution in [0.15, 0.2) is 23.3 Å². The molecule has 1 aliphatic heterocycles. The lowest BCUT2D eigenvalue weighted by Crippen LogP contribution is -2.24. The van der Waals surface area contributed by atoms with Gasteiger partial charge in [0.1, 0.15) is 0 Å². The van der Waals surface area contributed by atoms with Gasteiger partial charge in [0.2, 0.25) is 0 Å². The van der Waals surface area contributed by atoms with Gasteiger partial charge in [-0.15, -0.1) is 0 Å². The van der Waals surface area contributed by atoms with Crippen molar-refractivity contribution < 1.29 is 10.2 Å². The first-order valence-corrected chi connectivity index (χ1v) is 5.57. The molecule has 0 spiro atoms. The number of hydrogen-bond acceptors (Lipinski definition) is 4. The zero-order chi connectivity index (χ0) is 11.4. The molecule has 0 unspecified atom stereocenters. The number of aromatic hydroxyl groups is 2. The lowest BCUT2D eigenvalue weighted by atomic mass is 10.2. The van der Waals surface area contributed by atoms with E-state index in [1.807, 2.05) is 5.01 Å². The summed E-state index contributed by atoms with van der Waals surface area (Å²) in [4.78, 5) is 0. The number of hydrogen-bond donors (Lipinski definition) is 2. The molecule has 4 heteroatoms. The highest BCUT2D eigenvalue weighted by Gasteiger charge is 2.07. The average Bonchev–Trinajstić information content (AvgIpc) is 2.32. The Morgan fingerprint density at radius 2 is 1.88 bits per heavy atom. The number of phenols is 2. The van der Waals surface area contributed by atoms with Gasteiger partial charge in [0, 0.05) is 18.7 Å². The predicted octanol–water partition coefficient (Wildman–Crippen LogP) is 1.92. The summed E-state index contributed by atoms with van der Waals surface area (Å²) in [6.45, 7) is 1.94. The van der Waals surface area contributed by atoms with Gasteiger partial charge in [-0.3, -0.25) is 5.01 Å². The Balaban J connectivity index is 2.07. The third kappa shape index (κ3) is 2.45. The van der Waals surface area contributed by atoms with Crippen LogP contribution in [-0.2, 0) is 0 Å². The van der Waals surface area contributed by atoms with Crippen LogP contribution in [-0.4, -0.2) is 34.5 Å². The van der Waals surface area contributed by atoms with Crippen LogP contribution in [0.5, 0.6) is 11.5 Å². The number of para-hydroxylation sites is 1. The van der Waals surface area contributed by atoms with Crippen LogP contribution >= 0.6 is 0 Å². The molecule has 1 saturated heterocycles. The van der Waals surface area contributed by atoms with Crippen molar-refractivity contribution in [2.45, 2.75) is 19.3 Å². The summed E-state index contributed by atoms with van der Waals surface area (Å²) in [6, 6.07) is 4.86. The second kappa shape index (κ2) is 4.88. The topological polar surface area (TPSA) is 56.1 Å². The molecule has 2 N–H and O–H groups in total. The number of nitrogens with zero attached hydrogens (tertiary/aromatic N) is 2. The molecule has 0 aromatic heterocycles. The summed E-state index contributed by atoms with van der Waals surface area (Å²) in [5.41, 5.74) is 0.547. The largest absolute Gasteiger partial charge is 0.504 e. The molecule has 0 aliphatic carbocycles. The number of benzene rings is 1. The van der Waals surface area contributed by atoms with Crippen LogP contribution in [0.2, 0.25) is 0 Å². The molecule has 2 rings (SSSR count). The number of hydrazone groups is 1. The summed E-state index contributed by atoms with van der Waals surface area (Å²) in [7, 11) is 0. The van der Waals surface area contributed by atoms with Gasteiger partial charge < -0.3 is 10.2 Å². The van der Waals surface area contributed by atoms with Crippen molar-refractivity contribution >= 4 is 6.21 Å². The summed E-state index contributed by atoms with van der Waals surface area (Å²) < 4.78 is 0. The van der Waals surface area contributed by atoms with E-state index in [1.54, 1.807) is 18.3 Å². The predicted molar refractivity (Wildman–Crippen MR) is 62.8 cm³/mol. The molecule has 0 bridgehead atoms. The Morgan fingerprint density at radius 1 is 1.12 bits per heavy atom. The Bertz CT molecular complexity index is 385. The quantitative estimate of drug-likeness (QED) is 0.591. The second-order valence-corrected chi connectivity index (χ2v) is 3.97. The van der Waals surface area contributed by atoms with E-state index in [4.69, 9.17) is 0 Å². The molecule has 0 radical (unpaired) electrons. The zero-order valence-electron chi connectivity index (χ0n) is 9.13. The van der Waals surface area contributed by atoms with Gasteiger partial charge in [0.15, 0.2) is 11.5 Å². The maximum atomic E-state index is 9.57. The highest BCUT2D eigenvalue weighted by atomic mass is 16.3. The third-order valence-corrected chi connectivity index (χ3v) is 2.74. The van der Waals surface area contributed by atoms with E-state index in [1.165, 1.54) is 25.3 Å². The standard InChI is InChI=1S/C12H16N2O2/c15-11-6-4-5-10(12(11)16)9-13-14-7-2-1-3-8-14/h4-6,9,15-16H,1-3,7-8H2/b13-9-. The summed E-state index contributed by atoms with van der Waals surface area (Å²) in [6.07, 6.45) is 5.20. The number of piperidine rings is 1. The highest BCUT2D eigenvalue weighted by Crippen LogP contribution is 2.26. The molecule has 16 heavy (non-hydrogen) atoms. The molecular formula is C12H16N2O2. The van der Waals surface area contributed by atoms with Crippen LogP contribution in [0.4, 0.5) is 0 Å². The van der Waals surface area contributed by atoms with Gasteiger partial charge in [0.05, 0.1) is 6.21 Å². The molecule has 1 aromatic carbocycles. The van der Waals surface area contributed by atoms with E-state index in [0.29, 0.717) is 5.56 Å². The lowest BCUT2D eigenvalue weighted by Gasteiger charge is -2.23. The van der Waals surface area contributed by atoms with E-state index in [9.17, 15) is 10.2 Å². The van der Waals surface area contributed by atoms with Gasteiger partial charge in [-0.1, -0.05) is 6.07 Å². The van der Waals surface area contributed by atoms with Crippen LogP contribution < -0.4 is 0 Å². The van der Waals surface area contributed by atoms with Crippen LogP contribution in [0, 0.1) is 0 Å². The molecule has 0 atom stereocenters. The maximum absolute atomic E-state index is 9.57. The fourth-order valence-electron chi connectivity index (χ4n) is 1.79. The molecule has 0 amide bonds. The maximum Gasteiger partial charge on any atom is 0.166 e. The second-order valence-electron chi connectivity index (χ2n) is 3.97. The molecule has 1 heterocycles. The Kier molecular flexibility index (Phi) is 3.29. The van der Waals surface area contributed by atoms with Gasteiger partial charge in [0.25, 0.3) is 0 Å². The van der Waals surface area contributed by atoms with E-state index >= 15 is 0 Å². The number of phenolic OH excluding ortho intramolecular Hbond substituents is 2. The third-order valence-electron chi connectivity index (χ3n) is 2.74. The van der Waals surface area contributed by atoms with Gasteiger partial charge in [-0.05, 0) is 31.4 Å². The molecule has 1 aliphatic rings. The Hall–Kier alpha value is -1.71. The summed E-state index contributed by atoms with van der Waals surface area (Å²) >= 11 is 0. The first-order chi connectivity index (χ1) is 7.77. The van der Waals surface area contributed by atoms with E-state index in [-0.39, 0.29) is 11.5 Å². The lowest BCUT2D eigenvalue weighted by molar-refractivity contribution is 0.240. The van der Waals surface area contributed by atoms with Crippen LogP contribution in [0.3, 0.4) is 0 Å². The van der Waals surface area contributed by atoms with Crippen molar-refractivity contribution in [1.29, 1.82) is 0 Å². The van der Waals surface area contributed by atoms with Gasteiger partial charge in [-0.2, -0.15) is 5.10 Å². The Morgan fingerprint density at radius 3 is 2.62 bits per heavy atom. The molecule has 1 fully saturated rings. The zero-order valence-corrected chi connectivity index (χ0v) is 9.13.